The third kappa shape index (κ3) is 5.50. The van der Waals surface area contributed by atoms with Crippen LogP contribution in [0.4, 0.5) is 4.79 Å². The Kier molecular flexibility index (Phi) is 5.50. The standard InChI is InChI=1S/C11H17N5O/c1-2-6-14-11(17)16-10(12)15-8-9-5-3-4-7-13-9/h3-5,7H,2,6,8H2,1H3,(H4,12,14,15,16,17). The van der Waals surface area contributed by atoms with Gasteiger partial charge in [0.15, 0.2) is 5.96 Å². The van der Waals surface area contributed by atoms with E-state index in [1.54, 1.807) is 6.20 Å². The lowest BCUT2D eigenvalue weighted by molar-refractivity contribution is 0.245. The van der Waals surface area contributed by atoms with Crippen molar-refractivity contribution in [3.63, 3.8) is 0 Å². The van der Waals surface area contributed by atoms with Gasteiger partial charge < -0.3 is 11.1 Å². The molecule has 1 heterocycles. The van der Waals surface area contributed by atoms with E-state index in [2.05, 4.69) is 20.6 Å². The molecule has 0 aliphatic carbocycles. The van der Waals surface area contributed by atoms with E-state index in [0.717, 1.165) is 12.1 Å². The van der Waals surface area contributed by atoms with Crippen LogP contribution in [-0.4, -0.2) is 23.5 Å². The molecule has 4 N–H and O–H groups in total. The summed E-state index contributed by atoms with van der Waals surface area (Å²) in [6, 6.07) is 5.20. The van der Waals surface area contributed by atoms with E-state index in [-0.39, 0.29) is 12.0 Å². The van der Waals surface area contributed by atoms with Gasteiger partial charge in [-0.25, -0.2) is 9.79 Å². The van der Waals surface area contributed by atoms with Crippen LogP contribution >= 0.6 is 0 Å². The first kappa shape index (κ1) is 13.0. The summed E-state index contributed by atoms with van der Waals surface area (Å²) in [5.74, 6) is 0.0873. The second kappa shape index (κ2) is 7.21. The maximum atomic E-state index is 11.2. The molecular weight excluding hydrogens is 218 g/mol. The fourth-order valence-corrected chi connectivity index (χ4v) is 1.10. The average Bonchev–Trinajstić information content (AvgIpc) is 2.35. The molecule has 0 unspecified atom stereocenters. The highest BCUT2D eigenvalue weighted by Crippen LogP contribution is 1.94. The lowest BCUT2D eigenvalue weighted by Gasteiger charge is -2.05. The topological polar surface area (TPSA) is 92.4 Å². The molecule has 0 radical (unpaired) electrons. The van der Waals surface area contributed by atoms with Crippen molar-refractivity contribution in [2.24, 2.45) is 10.7 Å². The van der Waals surface area contributed by atoms with E-state index >= 15 is 0 Å². The Balaban J connectivity index is 2.37. The van der Waals surface area contributed by atoms with Crippen LogP contribution in [0, 0.1) is 0 Å². The van der Waals surface area contributed by atoms with Gasteiger partial charge in [-0.2, -0.15) is 0 Å². The first-order chi connectivity index (χ1) is 8.22. The first-order valence-corrected chi connectivity index (χ1v) is 5.47. The molecule has 2 amide bonds. The summed E-state index contributed by atoms with van der Waals surface area (Å²) >= 11 is 0. The van der Waals surface area contributed by atoms with E-state index in [1.165, 1.54) is 0 Å². The number of nitrogens with zero attached hydrogens (tertiary/aromatic N) is 2. The summed E-state index contributed by atoms with van der Waals surface area (Å²) in [4.78, 5) is 19.3. The molecule has 6 nitrogen and oxygen atoms in total. The number of urea groups is 1. The summed E-state index contributed by atoms with van der Waals surface area (Å²) in [5.41, 5.74) is 6.34. The van der Waals surface area contributed by atoms with E-state index in [4.69, 9.17) is 5.73 Å². The Hall–Kier alpha value is -2.11. The fourth-order valence-electron chi connectivity index (χ4n) is 1.10. The van der Waals surface area contributed by atoms with Gasteiger partial charge >= 0.3 is 6.03 Å². The normalized spacial score (nSPS) is 11.0. The Bertz CT molecular complexity index is 377. The summed E-state index contributed by atoms with van der Waals surface area (Å²) in [5, 5.41) is 5.07. The van der Waals surface area contributed by atoms with Gasteiger partial charge in [0, 0.05) is 12.7 Å². The van der Waals surface area contributed by atoms with Crippen molar-refractivity contribution in [1.29, 1.82) is 0 Å². The molecule has 0 bridgehead atoms. The van der Waals surface area contributed by atoms with Crippen LogP contribution in [-0.2, 0) is 6.54 Å². The SMILES string of the molecule is CCCNC(=O)NC(N)=NCc1ccccn1. The number of nitrogens with two attached hydrogens (primary N) is 1. The molecule has 1 rings (SSSR count). The largest absolute Gasteiger partial charge is 0.370 e. The molecule has 1 aromatic heterocycles. The van der Waals surface area contributed by atoms with Gasteiger partial charge in [-0.1, -0.05) is 13.0 Å². The molecule has 0 spiro atoms. The van der Waals surface area contributed by atoms with E-state index < -0.39 is 0 Å². The smallest absolute Gasteiger partial charge is 0.321 e. The zero-order valence-electron chi connectivity index (χ0n) is 9.81. The molecule has 0 saturated carbocycles. The predicted octanol–water partition coefficient (Wildman–Crippen LogP) is 0.605. The van der Waals surface area contributed by atoms with Crippen LogP contribution in [0.3, 0.4) is 0 Å². The minimum atomic E-state index is -0.339. The highest BCUT2D eigenvalue weighted by atomic mass is 16.2. The van der Waals surface area contributed by atoms with Crippen molar-refractivity contribution in [3.8, 4) is 0 Å². The van der Waals surface area contributed by atoms with Crippen LogP contribution in [0.1, 0.15) is 19.0 Å². The van der Waals surface area contributed by atoms with Gasteiger partial charge in [0.2, 0.25) is 0 Å². The molecule has 0 aliphatic rings. The summed E-state index contributed by atoms with van der Waals surface area (Å²) < 4.78 is 0. The van der Waals surface area contributed by atoms with Gasteiger partial charge in [0.1, 0.15) is 0 Å². The van der Waals surface area contributed by atoms with E-state index in [0.29, 0.717) is 13.1 Å². The molecule has 0 aliphatic heterocycles. The minimum Gasteiger partial charge on any atom is -0.370 e. The number of amides is 2. The Morgan fingerprint density at radius 3 is 3.00 bits per heavy atom. The van der Waals surface area contributed by atoms with Crippen LogP contribution < -0.4 is 16.4 Å². The van der Waals surface area contributed by atoms with Crippen LogP contribution in [0.15, 0.2) is 29.4 Å². The van der Waals surface area contributed by atoms with Gasteiger partial charge in [-0.15, -0.1) is 0 Å². The number of aliphatic imine (C=N–C) groups is 1. The highest BCUT2D eigenvalue weighted by molar-refractivity contribution is 5.95. The second-order valence-electron chi connectivity index (χ2n) is 3.40. The van der Waals surface area contributed by atoms with Crippen molar-refractivity contribution < 1.29 is 4.79 Å². The zero-order valence-corrected chi connectivity index (χ0v) is 9.81. The number of nitrogens with one attached hydrogen (secondary N) is 2. The van der Waals surface area contributed by atoms with Gasteiger partial charge in [-0.05, 0) is 18.6 Å². The molecule has 17 heavy (non-hydrogen) atoms. The predicted molar refractivity (Wildman–Crippen MR) is 66.4 cm³/mol. The Labute approximate surface area is 100 Å². The Morgan fingerprint density at radius 1 is 1.53 bits per heavy atom. The number of guanidine groups is 1. The summed E-state index contributed by atoms with van der Waals surface area (Å²) in [6.45, 7) is 2.93. The Morgan fingerprint density at radius 2 is 2.35 bits per heavy atom. The second-order valence-corrected chi connectivity index (χ2v) is 3.40. The summed E-state index contributed by atoms with van der Waals surface area (Å²) in [6.07, 6.45) is 2.56. The van der Waals surface area contributed by atoms with Gasteiger partial charge in [-0.3, -0.25) is 10.3 Å². The van der Waals surface area contributed by atoms with Gasteiger partial charge in [0.25, 0.3) is 0 Å². The number of aromatic nitrogens is 1. The maximum Gasteiger partial charge on any atom is 0.321 e. The lowest BCUT2D eigenvalue weighted by Crippen LogP contribution is -2.43. The van der Waals surface area contributed by atoms with Crippen LogP contribution in [0.2, 0.25) is 0 Å². The third-order valence-corrected chi connectivity index (χ3v) is 1.91. The number of pyridine rings is 1. The number of rotatable bonds is 4. The van der Waals surface area contributed by atoms with Crippen molar-refractivity contribution in [1.82, 2.24) is 15.6 Å². The summed E-state index contributed by atoms with van der Waals surface area (Å²) in [7, 11) is 0. The molecule has 92 valence electrons. The third-order valence-electron chi connectivity index (χ3n) is 1.91. The molecule has 6 heteroatoms. The quantitative estimate of drug-likeness (QED) is 0.527. The van der Waals surface area contributed by atoms with Crippen molar-refractivity contribution in [2.45, 2.75) is 19.9 Å². The van der Waals surface area contributed by atoms with Crippen molar-refractivity contribution >= 4 is 12.0 Å². The zero-order chi connectivity index (χ0) is 12.5. The number of carbonyl (C=O) groups excluding carboxylic acids is 1. The lowest BCUT2D eigenvalue weighted by atomic mass is 10.3. The van der Waals surface area contributed by atoms with Crippen LogP contribution in [0.25, 0.3) is 0 Å². The van der Waals surface area contributed by atoms with E-state index in [1.807, 2.05) is 25.1 Å². The number of hydrogen-bond donors (Lipinski definition) is 3. The molecule has 1 aromatic rings. The number of carbonyl (C=O) groups is 1. The van der Waals surface area contributed by atoms with Gasteiger partial charge in [0.05, 0.1) is 12.2 Å². The molecule has 0 saturated heterocycles. The maximum absolute atomic E-state index is 11.2. The minimum absolute atomic E-state index is 0.0873. The van der Waals surface area contributed by atoms with Crippen LogP contribution in [0.5, 0.6) is 0 Å². The fraction of sp³-hybridized carbons (Fsp3) is 0.364. The molecule has 0 aromatic carbocycles. The number of hydrogen-bond acceptors (Lipinski definition) is 3. The highest BCUT2D eigenvalue weighted by Gasteiger charge is 2.00. The molecular formula is C11H17N5O. The van der Waals surface area contributed by atoms with Crippen molar-refractivity contribution in [2.75, 3.05) is 6.54 Å². The average molecular weight is 235 g/mol. The first-order valence-electron chi connectivity index (χ1n) is 5.47. The van der Waals surface area contributed by atoms with Crippen molar-refractivity contribution in [3.05, 3.63) is 30.1 Å². The molecule has 0 atom stereocenters. The monoisotopic (exact) mass is 235 g/mol. The van der Waals surface area contributed by atoms with E-state index in [9.17, 15) is 4.79 Å². The molecule has 0 fully saturated rings.